The number of rotatable bonds is 6. The molecule has 0 spiro atoms. The quantitative estimate of drug-likeness (QED) is 0.556. The van der Waals surface area contributed by atoms with Crippen molar-refractivity contribution in [1.29, 1.82) is 0 Å². The molecule has 0 saturated heterocycles. The van der Waals surface area contributed by atoms with Crippen LogP contribution in [0.2, 0.25) is 0 Å². The number of carbonyl (C=O) groups excluding carboxylic acids is 3. The second-order valence-corrected chi connectivity index (χ2v) is 7.23. The monoisotopic (exact) mass is 445 g/mol. The lowest BCUT2D eigenvalue weighted by Crippen LogP contribution is -2.33. The topological polar surface area (TPSA) is 87.7 Å². The molecule has 166 valence electrons. The number of hydrogen-bond acceptors (Lipinski definition) is 5. The van der Waals surface area contributed by atoms with E-state index >= 15 is 0 Å². The van der Waals surface area contributed by atoms with E-state index in [0.29, 0.717) is 22.7 Å². The summed E-state index contributed by atoms with van der Waals surface area (Å²) in [4.78, 5) is 38.9. The molecule has 3 aromatic rings. The molecular weight excluding hydrogens is 425 g/mol. The number of benzene rings is 3. The van der Waals surface area contributed by atoms with Gasteiger partial charge in [-0.05, 0) is 42.0 Å². The predicted molar refractivity (Wildman–Crippen MR) is 123 cm³/mol. The fourth-order valence-corrected chi connectivity index (χ4v) is 3.57. The van der Waals surface area contributed by atoms with E-state index in [1.54, 1.807) is 54.6 Å². The van der Waals surface area contributed by atoms with Crippen LogP contribution in [0, 0.1) is 5.82 Å². The van der Waals surface area contributed by atoms with Gasteiger partial charge < -0.3 is 15.4 Å². The first-order valence-corrected chi connectivity index (χ1v) is 10.1. The summed E-state index contributed by atoms with van der Waals surface area (Å²) in [6.07, 6.45) is 0. The van der Waals surface area contributed by atoms with E-state index < -0.39 is 17.6 Å². The normalized spacial score (nSPS) is 13.4. The van der Waals surface area contributed by atoms with Gasteiger partial charge >= 0.3 is 0 Å². The largest absolute Gasteiger partial charge is 0.495 e. The summed E-state index contributed by atoms with van der Waals surface area (Å²) < 4.78 is 19.9. The molecule has 3 aromatic carbocycles. The van der Waals surface area contributed by atoms with Gasteiger partial charge in [0.15, 0.2) is 0 Å². The fraction of sp³-hybridized carbons (Fsp3) is 0.0800. The third kappa shape index (κ3) is 4.18. The highest BCUT2D eigenvalue weighted by molar-refractivity contribution is 6.46. The second-order valence-electron chi connectivity index (χ2n) is 7.23. The van der Waals surface area contributed by atoms with Crippen LogP contribution in [-0.2, 0) is 14.4 Å². The third-order valence-electron chi connectivity index (χ3n) is 5.04. The Morgan fingerprint density at radius 3 is 2.24 bits per heavy atom. The summed E-state index contributed by atoms with van der Waals surface area (Å²) >= 11 is 0. The van der Waals surface area contributed by atoms with Crippen LogP contribution in [-0.4, -0.2) is 24.8 Å². The molecule has 7 nitrogen and oxygen atoms in total. The van der Waals surface area contributed by atoms with Gasteiger partial charge in [-0.2, -0.15) is 0 Å². The number of halogens is 1. The van der Waals surface area contributed by atoms with Crippen molar-refractivity contribution in [1.82, 2.24) is 0 Å². The Kier molecular flexibility index (Phi) is 5.91. The second kappa shape index (κ2) is 8.96. The highest BCUT2D eigenvalue weighted by atomic mass is 19.1. The molecule has 0 aliphatic carbocycles. The van der Waals surface area contributed by atoms with Crippen LogP contribution >= 0.6 is 0 Å². The molecule has 0 radical (unpaired) electrons. The van der Waals surface area contributed by atoms with E-state index in [0.717, 1.165) is 4.90 Å². The van der Waals surface area contributed by atoms with Crippen molar-refractivity contribution in [2.45, 2.75) is 6.92 Å². The summed E-state index contributed by atoms with van der Waals surface area (Å²) in [5, 5.41) is 5.66. The number of hydrogen-bond donors (Lipinski definition) is 2. The number of imide groups is 1. The minimum Gasteiger partial charge on any atom is -0.495 e. The standard InChI is InChI=1S/C25H20FN3O4/c1-15(30)27-17-13-11-16(12-14-17)22-23(28-19-8-4-6-10-21(19)33-2)25(32)29(24(22)31)20-9-5-3-7-18(20)26/h3-14,28H,1-2H3,(H,27,30). The molecule has 4 rings (SSSR count). The van der Waals surface area contributed by atoms with Gasteiger partial charge in [-0.15, -0.1) is 0 Å². The lowest BCUT2D eigenvalue weighted by Gasteiger charge is -2.16. The number of nitrogens with zero attached hydrogens (tertiary/aromatic N) is 1. The van der Waals surface area contributed by atoms with E-state index in [4.69, 9.17) is 4.74 Å². The van der Waals surface area contributed by atoms with Gasteiger partial charge in [-0.25, -0.2) is 9.29 Å². The maximum atomic E-state index is 14.5. The average Bonchev–Trinajstić information content (AvgIpc) is 3.04. The van der Waals surface area contributed by atoms with Crippen LogP contribution in [0.1, 0.15) is 12.5 Å². The number of para-hydroxylation sites is 3. The number of amides is 3. The first kappa shape index (κ1) is 21.8. The molecule has 33 heavy (non-hydrogen) atoms. The first-order chi connectivity index (χ1) is 15.9. The molecular formula is C25H20FN3O4. The number of nitrogens with one attached hydrogen (secondary N) is 2. The fourth-order valence-electron chi connectivity index (χ4n) is 3.57. The van der Waals surface area contributed by atoms with E-state index in [1.165, 1.54) is 32.2 Å². The molecule has 0 aromatic heterocycles. The number of carbonyl (C=O) groups is 3. The van der Waals surface area contributed by atoms with Crippen LogP contribution in [0.4, 0.5) is 21.5 Å². The molecule has 0 unspecified atom stereocenters. The predicted octanol–water partition coefficient (Wildman–Crippen LogP) is 4.19. The Balaban J connectivity index is 1.82. The zero-order valence-electron chi connectivity index (χ0n) is 17.9. The summed E-state index contributed by atoms with van der Waals surface area (Å²) in [6.45, 7) is 1.39. The van der Waals surface area contributed by atoms with Crippen LogP contribution in [0.15, 0.2) is 78.5 Å². The molecule has 2 N–H and O–H groups in total. The van der Waals surface area contributed by atoms with Crippen molar-refractivity contribution in [3.8, 4) is 5.75 Å². The third-order valence-corrected chi connectivity index (χ3v) is 5.04. The summed E-state index contributed by atoms with van der Waals surface area (Å²) in [7, 11) is 1.49. The van der Waals surface area contributed by atoms with Gasteiger partial charge in [0.05, 0.1) is 24.1 Å². The number of ether oxygens (including phenoxy) is 1. The highest BCUT2D eigenvalue weighted by Crippen LogP contribution is 2.36. The van der Waals surface area contributed by atoms with E-state index in [9.17, 15) is 18.8 Å². The van der Waals surface area contributed by atoms with Gasteiger partial charge in [0.2, 0.25) is 5.91 Å². The zero-order valence-corrected chi connectivity index (χ0v) is 17.9. The maximum Gasteiger partial charge on any atom is 0.282 e. The van der Waals surface area contributed by atoms with Crippen molar-refractivity contribution < 1.29 is 23.5 Å². The Hall–Kier alpha value is -4.46. The molecule has 0 bridgehead atoms. The van der Waals surface area contributed by atoms with Gasteiger partial charge in [-0.1, -0.05) is 36.4 Å². The average molecular weight is 445 g/mol. The van der Waals surface area contributed by atoms with Crippen molar-refractivity contribution in [2.75, 3.05) is 22.6 Å². The Labute approximate surface area is 189 Å². The molecule has 1 heterocycles. The summed E-state index contributed by atoms with van der Waals surface area (Å²) in [6, 6.07) is 19.0. The van der Waals surface area contributed by atoms with Gasteiger partial charge in [-0.3, -0.25) is 14.4 Å². The Bertz CT molecular complexity index is 1280. The van der Waals surface area contributed by atoms with Crippen LogP contribution < -0.4 is 20.3 Å². The molecule has 8 heteroatoms. The number of anilines is 3. The first-order valence-electron chi connectivity index (χ1n) is 10.1. The van der Waals surface area contributed by atoms with Crippen molar-refractivity contribution in [3.63, 3.8) is 0 Å². The smallest absolute Gasteiger partial charge is 0.282 e. The molecule has 3 amide bonds. The minimum absolute atomic E-state index is 0.0139. The molecule has 0 atom stereocenters. The van der Waals surface area contributed by atoms with Crippen molar-refractivity contribution in [3.05, 3.63) is 89.9 Å². The highest BCUT2D eigenvalue weighted by Gasteiger charge is 2.41. The Morgan fingerprint density at radius 1 is 0.909 bits per heavy atom. The Morgan fingerprint density at radius 2 is 1.58 bits per heavy atom. The van der Waals surface area contributed by atoms with Crippen molar-refractivity contribution >= 4 is 40.4 Å². The summed E-state index contributed by atoms with van der Waals surface area (Å²) in [5.74, 6) is -1.84. The van der Waals surface area contributed by atoms with Crippen LogP contribution in [0.25, 0.3) is 5.57 Å². The van der Waals surface area contributed by atoms with Gasteiger partial charge in [0, 0.05) is 12.6 Å². The number of methoxy groups -OCH3 is 1. The van der Waals surface area contributed by atoms with Crippen LogP contribution in [0.3, 0.4) is 0 Å². The van der Waals surface area contributed by atoms with E-state index in [-0.39, 0.29) is 22.9 Å². The lowest BCUT2D eigenvalue weighted by atomic mass is 10.0. The molecule has 1 aliphatic heterocycles. The van der Waals surface area contributed by atoms with Crippen LogP contribution in [0.5, 0.6) is 5.75 Å². The molecule has 1 aliphatic rings. The maximum absolute atomic E-state index is 14.5. The molecule has 0 saturated carbocycles. The minimum atomic E-state index is -0.697. The summed E-state index contributed by atoms with van der Waals surface area (Å²) in [5.41, 5.74) is 1.35. The van der Waals surface area contributed by atoms with E-state index in [1.807, 2.05) is 0 Å². The molecule has 0 fully saturated rings. The SMILES string of the molecule is COc1ccccc1NC1=C(c2ccc(NC(C)=O)cc2)C(=O)N(c2ccccc2F)C1=O. The zero-order chi connectivity index (χ0) is 23.5. The van der Waals surface area contributed by atoms with Crippen molar-refractivity contribution in [2.24, 2.45) is 0 Å². The van der Waals surface area contributed by atoms with Gasteiger partial charge in [0.1, 0.15) is 17.3 Å². The lowest BCUT2D eigenvalue weighted by molar-refractivity contribution is -0.120. The van der Waals surface area contributed by atoms with E-state index in [2.05, 4.69) is 10.6 Å². The van der Waals surface area contributed by atoms with Gasteiger partial charge in [0.25, 0.3) is 11.8 Å².